The van der Waals surface area contributed by atoms with Crippen molar-refractivity contribution in [3.8, 4) is 11.3 Å². The molecule has 0 unspecified atom stereocenters. The van der Waals surface area contributed by atoms with Crippen molar-refractivity contribution in [1.82, 2.24) is 4.98 Å². The Morgan fingerprint density at radius 1 is 0.740 bits per heavy atom. The molecule has 1 heterocycles. The van der Waals surface area contributed by atoms with Gasteiger partial charge in [0.25, 0.3) is 0 Å². The molecule has 8 bridgehead atoms. The van der Waals surface area contributed by atoms with E-state index in [1.165, 1.54) is 104 Å². The van der Waals surface area contributed by atoms with Crippen molar-refractivity contribution in [1.29, 1.82) is 0 Å². The SMILES string of the molecule is Cc1[c-]c(-c2nccc3ccc(C(C)C)cc23)cc(C)c1.O=P(c1[c-]cccc1)(C12CC3CC(CC(C3)C1)C2)C12CC3CC(CC(C3)C1)C2.[Ir]. The second-order valence-electron chi connectivity index (χ2n) is 18.2. The molecule has 8 saturated carbocycles. The van der Waals surface area contributed by atoms with Crippen molar-refractivity contribution in [3.05, 3.63) is 95.7 Å². The van der Waals surface area contributed by atoms with Gasteiger partial charge in [-0.2, -0.15) is 30.3 Å². The average molecular weight is 860 g/mol. The van der Waals surface area contributed by atoms with Crippen LogP contribution in [0, 0.1) is 61.5 Å². The van der Waals surface area contributed by atoms with Gasteiger partial charge >= 0.3 is 0 Å². The Morgan fingerprint density at radius 2 is 1.30 bits per heavy atom. The molecule has 4 heteroatoms. The zero-order valence-electron chi connectivity index (χ0n) is 30.5. The van der Waals surface area contributed by atoms with Gasteiger partial charge in [0.05, 0.1) is 0 Å². The Bertz CT molecular complexity index is 1790. The van der Waals surface area contributed by atoms with Crippen LogP contribution in [0.15, 0.2) is 66.9 Å². The molecule has 8 fully saturated rings. The molecule has 0 spiro atoms. The third-order valence-electron chi connectivity index (χ3n) is 14.2. The Balaban J connectivity index is 0.000000148. The van der Waals surface area contributed by atoms with E-state index in [0.29, 0.717) is 5.92 Å². The second kappa shape index (κ2) is 13.1. The van der Waals surface area contributed by atoms with Crippen LogP contribution in [0.3, 0.4) is 0 Å². The molecule has 0 atom stereocenters. The van der Waals surface area contributed by atoms with Crippen LogP contribution in [0.1, 0.15) is 114 Å². The fraction of sp³-hybridized carbons (Fsp3) is 0.543. The van der Waals surface area contributed by atoms with E-state index in [9.17, 15) is 0 Å². The topological polar surface area (TPSA) is 30.0 Å². The molecule has 8 aliphatic rings. The van der Waals surface area contributed by atoms with E-state index in [4.69, 9.17) is 0 Å². The summed E-state index contributed by atoms with van der Waals surface area (Å²) in [5.74, 6) is 5.75. The number of pyridine rings is 1. The maximum absolute atomic E-state index is 15.9. The van der Waals surface area contributed by atoms with Gasteiger partial charge in [0.2, 0.25) is 0 Å². The van der Waals surface area contributed by atoms with E-state index in [1.54, 1.807) is 0 Å². The molecule has 3 aromatic carbocycles. The van der Waals surface area contributed by atoms with Gasteiger partial charge in [-0.1, -0.05) is 45.9 Å². The minimum atomic E-state index is -2.53. The van der Waals surface area contributed by atoms with Gasteiger partial charge < -0.3 is 9.55 Å². The van der Waals surface area contributed by atoms with E-state index in [2.05, 4.69) is 105 Å². The number of benzene rings is 3. The summed E-state index contributed by atoms with van der Waals surface area (Å²) in [6, 6.07) is 28.6. The Labute approximate surface area is 314 Å². The normalized spacial score (nSPS) is 34.3. The molecule has 12 rings (SSSR count). The van der Waals surface area contributed by atoms with E-state index in [1.807, 2.05) is 6.20 Å². The molecule has 1 aromatic heterocycles. The van der Waals surface area contributed by atoms with E-state index in [-0.39, 0.29) is 30.4 Å². The number of aromatic nitrogens is 1. The van der Waals surface area contributed by atoms with Gasteiger partial charge in [-0.15, -0.1) is 40.2 Å². The van der Waals surface area contributed by atoms with Crippen molar-refractivity contribution in [3.63, 3.8) is 0 Å². The summed E-state index contributed by atoms with van der Waals surface area (Å²) in [6.07, 6.45) is 18.2. The van der Waals surface area contributed by atoms with Crippen LogP contribution in [0.4, 0.5) is 0 Å². The smallest absolute Gasteiger partial charge is 0.104 e. The molecule has 0 amide bonds. The van der Waals surface area contributed by atoms with Crippen molar-refractivity contribution in [2.75, 3.05) is 0 Å². The molecule has 0 N–H and O–H groups in total. The molecule has 1 radical (unpaired) electrons. The fourth-order valence-corrected chi connectivity index (χ4v) is 19.0. The Hall–Kier alpha value is -2.05. The first-order valence-corrected chi connectivity index (χ1v) is 21.3. The number of fused-ring (bicyclic) bond motifs is 1. The summed E-state index contributed by atoms with van der Waals surface area (Å²) in [4.78, 5) is 4.63. The molecule has 0 saturated heterocycles. The van der Waals surface area contributed by atoms with E-state index >= 15 is 4.57 Å². The number of hydrogen-bond acceptors (Lipinski definition) is 2. The number of rotatable bonds is 5. The van der Waals surface area contributed by atoms with Gasteiger partial charge in [0.15, 0.2) is 0 Å². The standard InChI is InChI=1S/C26H34OP.C20H20N.Ir/c27-28(24-4-2-1-3-5-24,25-12-18-6-19(13-25)8-20(7-18)14-25)26-15-21-9-22(16-26)11-23(10-21)17-26;1-13(2)17-6-5-16-7-8-21-20(19(16)12-17)18-10-14(3)9-15(4)11-18;/h1-4,18-23H,6-17H2;5-10,12-13H,1-4H3;/q2*-1;. The predicted molar refractivity (Wildman–Crippen MR) is 204 cm³/mol. The summed E-state index contributed by atoms with van der Waals surface area (Å²) in [5, 5.41) is 3.87. The average Bonchev–Trinajstić information content (AvgIpc) is 3.06. The van der Waals surface area contributed by atoms with Gasteiger partial charge in [-0.25, -0.2) is 0 Å². The first-order chi connectivity index (χ1) is 23.6. The van der Waals surface area contributed by atoms with Crippen molar-refractivity contribution in [2.24, 2.45) is 35.5 Å². The first kappa shape index (κ1) is 35.0. The third kappa shape index (κ3) is 5.76. The second-order valence-corrected chi connectivity index (χ2v) is 21.8. The van der Waals surface area contributed by atoms with Gasteiger partial charge in [0, 0.05) is 36.6 Å². The summed E-state index contributed by atoms with van der Waals surface area (Å²) in [5.41, 5.74) is 5.87. The fourth-order valence-electron chi connectivity index (χ4n) is 13.3. The number of nitrogens with zero attached hydrogens (tertiary/aromatic N) is 1. The minimum absolute atomic E-state index is 0. The minimum Gasteiger partial charge on any atom is -0.320 e. The molecule has 2 nitrogen and oxygen atoms in total. The van der Waals surface area contributed by atoms with Crippen molar-refractivity contribution in [2.45, 2.75) is 121 Å². The van der Waals surface area contributed by atoms with Gasteiger partial charge in [0.1, 0.15) is 7.14 Å². The maximum atomic E-state index is 15.9. The van der Waals surface area contributed by atoms with Crippen LogP contribution in [0.25, 0.3) is 22.0 Å². The summed E-state index contributed by atoms with van der Waals surface area (Å²) < 4.78 is 15.9. The van der Waals surface area contributed by atoms with E-state index in [0.717, 1.165) is 52.3 Å². The van der Waals surface area contributed by atoms with E-state index < -0.39 is 7.14 Å². The number of aryl methyl sites for hydroxylation is 2. The van der Waals surface area contributed by atoms with Crippen LogP contribution in [0.2, 0.25) is 0 Å². The predicted octanol–water partition coefficient (Wildman–Crippen LogP) is 11.9. The maximum Gasteiger partial charge on any atom is 0.104 e. The van der Waals surface area contributed by atoms with Crippen LogP contribution in [-0.2, 0) is 24.7 Å². The Kier molecular flexibility index (Phi) is 9.18. The van der Waals surface area contributed by atoms with Crippen LogP contribution >= 0.6 is 7.14 Å². The third-order valence-corrected chi connectivity index (χ3v) is 19.0. The first-order valence-electron chi connectivity index (χ1n) is 19.6. The molecule has 4 aromatic rings. The van der Waals surface area contributed by atoms with Crippen molar-refractivity contribution >= 4 is 23.2 Å². The summed E-state index contributed by atoms with van der Waals surface area (Å²) in [7, 11) is -2.53. The van der Waals surface area contributed by atoms with Crippen LogP contribution in [-0.4, -0.2) is 15.3 Å². The molecule has 8 aliphatic carbocycles. The molecule has 265 valence electrons. The van der Waals surface area contributed by atoms with Crippen LogP contribution in [0.5, 0.6) is 0 Å². The molecule has 0 aliphatic heterocycles. The Morgan fingerprint density at radius 3 is 1.78 bits per heavy atom. The molecular formula is C46H54IrNOP-2. The summed E-state index contributed by atoms with van der Waals surface area (Å²) >= 11 is 0. The summed E-state index contributed by atoms with van der Waals surface area (Å²) in [6.45, 7) is 8.65. The largest absolute Gasteiger partial charge is 0.320 e. The molecule has 50 heavy (non-hydrogen) atoms. The zero-order valence-corrected chi connectivity index (χ0v) is 33.8. The quantitative estimate of drug-likeness (QED) is 0.148. The van der Waals surface area contributed by atoms with Gasteiger partial charge in [-0.3, -0.25) is 0 Å². The molecular weight excluding hydrogens is 806 g/mol. The van der Waals surface area contributed by atoms with Crippen LogP contribution < -0.4 is 5.30 Å². The monoisotopic (exact) mass is 860 g/mol. The van der Waals surface area contributed by atoms with Crippen molar-refractivity contribution < 1.29 is 24.7 Å². The number of hydrogen-bond donors (Lipinski definition) is 0. The van der Waals surface area contributed by atoms with Gasteiger partial charge in [-0.05, 0) is 147 Å². The zero-order chi connectivity index (χ0) is 33.5.